The molecule has 4 nitrogen and oxygen atoms in total. The Hall–Kier alpha value is -2.57. The Balaban J connectivity index is 1.71. The van der Waals surface area contributed by atoms with Gasteiger partial charge >= 0.3 is 12.2 Å². The molecule has 0 aliphatic rings. The number of nitrogens with zero attached hydrogens (tertiary/aromatic N) is 1. The minimum absolute atomic E-state index is 0.325. The van der Waals surface area contributed by atoms with Crippen LogP contribution >= 0.6 is 0 Å². The molecule has 122 valence electrons. The number of amides is 2. The van der Waals surface area contributed by atoms with Gasteiger partial charge in [0.05, 0.1) is 5.56 Å². The van der Waals surface area contributed by atoms with E-state index in [4.69, 9.17) is 0 Å². The number of nitrogens with one attached hydrogen (secondary N) is 2. The van der Waals surface area contributed by atoms with E-state index >= 15 is 0 Å². The Bertz CT molecular complexity index is 627. The van der Waals surface area contributed by atoms with Crippen LogP contribution in [0.15, 0.2) is 48.8 Å². The number of alkyl halides is 3. The summed E-state index contributed by atoms with van der Waals surface area (Å²) < 4.78 is 37.3. The van der Waals surface area contributed by atoms with E-state index in [1.54, 1.807) is 24.5 Å². The summed E-state index contributed by atoms with van der Waals surface area (Å²) in [6.07, 6.45) is -0.594. The first-order valence-corrected chi connectivity index (χ1v) is 7.02. The lowest BCUT2D eigenvalue weighted by Gasteiger charge is -2.09. The van der Waals surface area contributed by atoms with Crippen molar-refractivity contribution >= 4 is 6.03 Å². The number of hydrogen-bond donors (Lipinski definition) is 2. The lowest BCUT2D eigenvalue weighted by atomic mass is 10.1. The normalized spacial score (nSPS) is 11.1. The van der Waals surface area contributed by atoms with E-state index in [1.165, 1.54) is 12.1 Å². The van der Waals surface area contributed by atoms with E-state index in [0.29, 0.717) is 19.5 Å². The minimum atomic E-state index is -4.33. The van der Waals surface area contributed by atoms with Crippen LogP contribution < -0.4 is 10.6 Å². The predicted octanol–water partition coefficient (Wildman–Crippen LogP) is 3.14. The molecule has 2 rings (SSSR count). The summed E-state index contributed by atoms with van der Waals surface area (Å²) in [5.41, 5.74) is 0.981. The van der Waals surface area contributed by atoms with E-state index in [9.17, 15) is 18.0 Å². The van der Waals surface area contributed by atoms with Crippen molar-refractivity contribution in [1.29, 1.82) is 0 Å². The van der Waals surface area contributed by atoms with Gasteiger partial charge in [0.1, 0.15) is 0 Å². The van der Waals surface area contributed by atoms with E-state index in [1.807, 2.05) is 0 Å². The summed E-state index contributed by atoms with van der Waals surface area (Å²) in [5.74, 6) is 0. The van der Waals surface area contributed by atoms with E-state index in [2.05, 4.69) is 15.6 Å². The van der Waals surface area contributed by atoms with Crippen LogP contribution in [-0.4, -0.2) is 17.6 Å². The van der Waals surface area contributed by atoms with Crippen molar-refractivity contribution in [1.82, 2.24) is 15.6 Å². The van der Waals surface area contributed by atoms with Gasteiger partial charge in [0.25, 0.3) is 0 Å². The monoisotopic (exact) mass is 323 g/mol. The molecule has 1 heterocycles. The van der Waals surface area contributed by atoms with Crippen molar-refractivity contribution in [2.75, 3.05) is 6.54 Å². The van der Waals surface area contributed by atoms with Gasteiger partial charge in [-0.15, -0.1) is 0 Å². The molecule has 0 atom stereocenters. The number of aromatic nitrogens is 1. The van der Waals surface area contributed by atoms with Gasteiger partial charge in [0.2, 0.25) is 0 Å². The lowest BCUT2D eigenvalue weighted by Crippen LogP contribution is -2.36. The second-order valence-corrected chi connectivity index (χ2v) is 4.91. The summed E-state index contributed by atoms with van der Waals surface area (Å²) in [6.45, 7) is 0.724. The van der Waals surface area contributed by atoms with Crippen LogP contribution in [0.1, 0.15) is 16.7 Å². The van der Waals surface area contributed by atoms with Crippen LogP contribution in [0.2, 0.25) is 0 Å². The Labute approximate surface area is 131 Å². The predicted molar refractivity (Wildman–Crippen MR) is 79.6 cm³/mol. The Morgan fingerprint density at radius 1 is 0.957 bits per heavy atom. The van der Waals surface area contributed by atoms with Gasteiger partial charge in [-0.1, -0.05) is 12.1 Å². The van der Waals surface area contributed by atoms with E-state index < -0.39 is 11.7 Å². The Morgan fingerprint density at radius 3 is 2.22 bits per heavy atom. The molecule has 0 aliphatic heterocycles. The molecular weight excluding hydrogens is 307 g/mol. The van der Waals surface area contributed by atoms with Crippen LogP contribution in [0.4, 0.5) is 18.0 Å². The number of hydrogen-bond acceptors (Lipinski definition) is 2. The standard InChI is InChI=1S/C16H16F3N3O/c17-16(18,19)14-3-1-12(2-4-14)7-10-21-15(23)22-11-13-5-8-20-9-6-13/h1-6,8-9H,7,10-11H2,(H2,21,22,23). The number of urea groups is 1. The molecule has 0 spiro atoms. The maximum absolute atomic E-state index is 12.4. The third kappa shape index (κ3) is 5.61. The second kappa shape index (κ2) is 7.62. The molecule has 2 N–H and O–H groups in total. The van der Waals surface area contributed by atoms with E-state index in [0.717, 1.165) is 23.3 Å². The van der Waals surface area contributed by atoms with E-state index in [-0.39, 0.29) is 6.03 Å². The molecule has 2 amide bonds. The molecule has 0 saturated heterocycles. The highest BCUT2D eigenvalue weighted by molar-refractivity contribution is 5.73. The minimum Gasteiger partial charge on any atom is -0.338 e. The zero-order chi connectivity index (χ0) is 16.7. The fraction of sp³-hybridized carbons (Fsp3) is 0.250. The number of carbonyl (C=O) groups is 1. The molecule has 1 aromatic carbocycles. The van der Waals surface area contributed by atoms with Gasteiger partial charge in [-0.2, -0.15) is 13.2 Å². The van der Waals surface area contributed by atoms with Crippen molar-refractivity contribution in [3.63, 3.8) is 0 Å². The molecule has 0 saturated carbocycles. The Kier molecular flexibility index (Phi) is 5.56. The van der Waals surface area contributed by atoms with Crippen molar-refractivity contribution < 1.29 is 18.0 Å². The topological polar surface area (TPSA) is 54.0 Å². The average Bonchev–Trinajstić information content (AvgIpc) is 2.53. The zero-order valence-electron chi connectivity index (χ0n) is 12.2. The largest absolute Gasteiger partial charge is 0.416 e. The summed E-state index contributed by atoms with van der Waals surface area (Å²) >= 11 is 0. The smallest absolute Gasteiger partial charge is 0.338 e. The van der Waals surface area contributed by atoms with Crippen LogP contribution in [0.5, 0.6) is 0 Å². The molecule has 23 heavy (non-hydrogen) atoms. The first kappa shape index (κ1) is 16.8. The van der Waals surface area contributed by atoms with Crippen molar-refractivity contribution in [3.8, 4) is 0 Å². The Morgan fingerprint density at radius 2 is 1.61 bits per heavy atom. The molecule has 0 bridgehead atoms. The fourth-order valence-corrected chi connectivity index (χ4v) is 1.93. The first-order valence-electron chi connectivity index (χ1n) is 7.02. The molecule has 0 aliphatic carbocycles. The number of halogens is 3. The summed E-state index contributed by atoms with van der Waals surface area (Å²) in [5, 5.41) is 5.35. The summed E-state index contributed by atoms with van der Waals surface area (Å²) in [7, 11) is 0. The quantitative estimate of drug-likeness (QED) is 0.888. The number of carbonyl (C=O) groups excluding carboxylic acids is 1. The van der Waals surface area contributed by atoms with Crippen LogP contribution in [0.25, 0.3) is 0 Å². The van der Waals surface area contributed by atoms with Gasteiger partial charge < -0.3 is 10.6 Å². The van der Waals surface area contributed by atoms with Gasteiger partial charge in [-0.05, 0) is 41.8 Å². The van der Waals surface area contributed by atoms with Gasteiger partial charge in [0.15, 0.2) is 0 Å². The fourth-order valence-electron chi connectivity index (χ4n) is 1.93. The highest BCUT2D eigenvalue weighted by Crippen LogP contribution is 2.29. The molecular formula is C16H16F3N3O. The molecule has 0 unspecified atom stereocenters. The summed E-state index contributed by atoms with van der Waals surface area (Å²) in [4.78, 5) is 15.5. The van der Waals surface area contributed by atoms with Crippen LogP contribution in [0, 0.1) is 0 Å². The van der Waals surface area contributed by atoms with Gasteiger partial charge in [0, 0.05) is 25.5 Å². The number of rotatable bonds is 5. The second-order valence-electron chi connectivity index (χ2n) is 4.91. The lowest BCUT2D eigenvalue weighted by molar-refractivity contribution is -0.137. The summed E-state index contributed by atoms with van der Waals surface area (Å²) in [6, 6.07) is 8.18. The molecule has 0 fully saturated rings. The van der Waals surface area contributed by atoms with Crippen molar-refractivity contribution in [2.45, 2.75) is 19.1 Å². The molecule has 7 heteroatoms. The van der Waals surface area contributed by atoms with Crippen molar-refractivity contribution in [2.24, 2.45) is 0 Å². The third-order valence-electron chi connectivity index (χ3n) is 3.18. The molecule has 2 aromatic rings. The SMILES string of the molecule is O=C(NCCc1ccc(C(F)(F)F)cc1)NCc1ccncc1. The average molecular weight is 323 g/mol. The van der Waals surface area contributed by atoms with Gasteiger partial charge in [-0.25, -0.2) is 4.79 Å². The number of benzene rings is 1. The first-order chi connectivity index (χ1) is 10.9. The van der Waals surface area contributed by atoms with Crippen LogP contribution in [0.3, 0.4) is 0 Å². The van der Waals surface area contributed by atoms with Gasteiger partial charge in [-0.3, -0.25) is 4.98 Å². The zero-order valence-corrected chi connectivity index (χ0v) is 12.2. The van der Waals surface area contributed by atoms with Crippen molar-refractivity contribution in [3.05, 3.63) is 65.5 Å². The maximum atomic E-state index is 12.4. The maximum Gasteiger partial charge on any atom is 0.416 e. The number of pyridine rings is 1. The molecule has 0 radical (unpaired) electrons. The third-order valence-corrected chi connectivity index (χ3v) is 3.18. The van der Waals surface area contributed by atoms with Crippen LogP contribution in [-0.2, 0) is 19.1 Å². The highest BCUT2D eigenvalue weighted by atomic mass is 19.4. The molecule has 1 aromatic heterocycles. The highest BCUT2D eigenvalue weighted by Gasteiger charge is 2.29.